The minimum atomic E-state index is -2.85. The Morgan fingerprint density at radius 2 is 1.72 bits per heavy atom. The first-order chi connectivity index (χ1) is 12.1. The van der Waals surface area contributed by atoms with Crippen LogP contribution in [0.1, 0.15) is 11.1 Å². The van der Waals surface area contributed by atoms with Crippen molar-refractivity contribution < 1.29 is 18.3 Å². The molecule has 25 heavy (non-hydrogen) atoms. The topological polar surface area (TPSA) is 54.9 Å². The standard InChI is InChI=1S/C18H21F2N3O2/c1-21-18(22-11-13-7-9-15(24-2)10-8-13)23-12-14-5-3-4-6-16(14)25-17(19)20/h3-10,17H,11-12H2,1-2H3,(H2,21,22,23). The summed E-state index contributed by atoms with van der Waals surface area (Å²) in [5.74, 6) is 1.50. The minimum absolute atomic E-state index is 0.149. The van der Waals surface area contributed by atoms with Gasteiger partial charge < -0.3 is 20.1 Å². The van der Waals surface area contributed by atoms with Crippen LogP contribution in [0.5, 0.6) is 11.5 Å². The molecule has 0 heterocycles. The summed E-state index contributed by atoms with van der Waals surface area (Å²) in [6, 6.07) is 14.3. The van der Waals surface area contributed by atoms with Crippen molar-refractivity contribution in [2.24, 2.45) is 4.99 Å². The zero-order valence-electron chi connectivity index (χ0n) is 14.1. The zero-order chi connectivity index (χ0) is 18.1. The van der Waals surface area contributed by atoms with Crippen molar-refractivity contribution in [3.8, 4) is 11.5 Å². The molecule has 0 aliphatic carbocycles. The third-order valence-corrected chi connectivity index (χ3v) is 3.48. The fourth-order valence-electron chi connectivity index (χ4n) is 2.19. The summed E-state index contributed by atoms with van der Waals surface area (Å²) < 4.78 is 34.5. The quantitative estimate of drug-likeness (QED) is 0.596. The smallest absolute Gasteiger partial charge is 0.387 e. The van der Waals surface area contributed by atoms with E-state index in [0.717, 1.165) is 11.3 Å². The van der Waals surface area contributed by atoms with Gasteiger partial charge in [0.2, 0.25) is 0 Å². The molecule has 134 valence electrons. The number of alkyl halides is 2. The largest absolute Gasteiger partial charge is 0.497 e. The number of guanidine groups is 1. The van der Waals surface area contributed by atoms with Crippen molar-refractivity contribution in [2.45, 2.75) is 19.7 Å². The number of ether oxygens (including phenoxy) is 2. The van der Waals surface area contributed by atoms with E-state index in [-0.39, 0.29) is 5.75 Å². The predicted molar refractivity (Wildman–Crippen MR) is 93.1 cm³/mol. The molecule has 5 nitrogen and oxygen atoms in total. The summed E-state index contributed by atoms with van der Waals surface area (Å²) in [7, 11) is 3.26. The molecule has 0 spiro atoms. The second-order valence-electron chi connectivity index (χ2n) is 5.11. The molecular weight excluding hydrogens is 328 g/mol. The summed E-state index contributed by atoms with van der Waals surface area (Å²) in [5, 5.41) is 6.24. The van der Waals surface area contributed by atoms with Crippen molar-refractivity contribution in [1.29, 1.82) is 0 Å². The average molecular weight is 349 g/mol. The molecule has 0 unspecified atom stereocenters. The molecular formula is C18H21F2N3O2. The van der Waals surface area contributed by atoms with Crippen molar-refractivity contribution in [1.82, 2.24) is 10.6 Å². The van der Waals surface area contributed by atoms with Crippen LogP contribution in [0.25, 0.3) is 0 Å². The maximum atomic E-state index is 12.4. The Balaban J connectivity index is 1.90. The Hall–Kier alpha value is -2.83. The van der Waals surface area contributed by atoms with Gasteiger partial charge in [0, 0.05) is 25.7 Å². The number of aliphatic imine (C=N–C) groups is 1. The van der Waals surface area contributed by atoms with Crippen LogP contribution in [-0.4, -0.2) is 26.7 Å². The van der Waals surface area contributed by atoms with Crippen LogP contribution in [0.2, 0.25) is 0 Å². The van der Waals surface area contributed by atoms with E-state index >= 15 is 0 Å². The monoisotopic (exact) mass is 349 g/mol. The van der Waals surface area contributed by atoms with Gasteiger partial charge in [-0.3, -0.25) is 4.99 Å². The lowest BCUT2D eigenvalue weighted by atomic mass is 10.2. The van der Waals surface area contributed by atoms with E-state index in [4.69, 9.17) is 4.74 Å². The summed E-state index contributed by atoms with van der Waals surface area (Å²) >= 11 is 0. The third kappa shape index (κ3) is 5.95. The maximum absolute atomic E-state index is 12.4. The van der Waals surface area contributed by atoms with Gasteiger partial charge in [0.15, 0.2) is 5.96 Å². The van der Waals surface area contributed by atoms with E-state index in [1.165, 1.54) is 6.07 Å². The highest BCUT2D eigenvalue weighted by molar-refractivity contribution is 5.79. The minimum Gasteiger partial charge on any atom is -0.497 e. The predicted octanol–water partition coefficient (Wildman–Crippen LogP) is 3.16. The van der Waals surface area contributed by atoms with Gasteiger partial charge in [-0.1, -0.05) is 30.3 Å². The van der Waals surface area contributed by atoms with Crippen molar-refractivity contribution in [3.63, 3.8) is 0 Å². The van der Waals surface area contributed by atoms with Gasteiger partial charge in [-0.15, -0.1) is 0 Å². The fourth-order valence-corrected chi connectivity index (χ4v) is 2.19. The molecule has 2 aromatic carbocycles. The Morgan fingerprint density at radius 3 is 2.36 bits per heavy atom. The summed E-state index contributed by atoms with van der Waals surface area (Å²) in [6.45, 7) is -1.97. The van der Waals surface area contributed by atoms with Crippen LogP contribution in [0.15, 0.2) is 53.5 Å². The SMILES string of the molecule is CN=C(NCc1ccc(OC)cc1)NCc1ccccc1OC(F)F. The van der Waals surface area contributed by atoms with E-state index in [0.29, 0.717) is 24.6 Å². The number of halogens is 2. The zero-order valence-corrected chi connectivity index (χ0v) is 14.1. The van der Waals surface area contributed by atoms with Crippen LogP contribution in [0.3, 0.4) is 0 Å². The number of benzene rings is 2. The van der Waals surface area contributed by atoms with Gasteiger partial charge >= 0.3 is 6.61 Å². The number of para-hydroxylation sites is 1. The van der Waals surface area contributed by atoms with Crippen molar-refractivity contribution >= 4 is 5.96 Å². The second kappa shape index (κ2) is 9.46. The van der Waals surface area contributed by atoms with Gasteiger partial charge in [-0.05, 0) is 23.8 Å². The normalized spacial score (nSPS) is 11.3. The second-order valence-corrected chi connectivity index (χ2v) is 5.11. The lowest BCUT2D eigenvalue weighted by Gasteiger charge is -2.14. The van der Waals surface area contributed by atoms with E-state index in [2.05, 4.69) is 20.4 Å². The van der Waals surface area contributed by atoms with Crippen molar-refractivity contribution in [3.05, 3.63) is 59.7 Å². The Bertz CT molecular complexity index is 691. The van der Waals surface area contributed by atoms with E-state index in [1.54, 1.807) is 32.4 Å². The molecule has 0 aromatic heterocycles. The molecule has 0 saturated carbocycles. The summed E-state index contributed by atoms with van der Waals surface area (Å²) in [5.41, 5.74) is 1.68. The lowest BCUT2D eigenvalue weighted by Crippen LogP contribution is -2.36. The molecule has 7 heteroatoms. The first kappa shape index (κ1) is 18.5. The van der Waals surface area contributed by atoms with Crippen molar-refractivity contribution in [2.75, 3.05) is 14.2 Å². The Labute approximate surface area is 145 Å². The highest BCUT2D eigenvalue weighted by atomic mass is 19.3. The number of nitrogens with one attached hydrogen (secondary N) is 2. The number of hydrogen-bond donors (Lipinski definition) is 2. The van der Waals surface area contributed by atoms with Gasteiger partial charge in [0.1, 0.15) is 11.5 Å². The molecule has 0 fully saturated rings. The molecule has 0 amide bonds. The molecule has 0 aliphatic heterocycles. The van der Waals surface area contributed by atoms with E-state index < -0.39 is 6.61 Å². The van der Waals surface area contributed by atoms with Gasteiger partial charge in [0.05, 0.1) is 7.11 Å². The van der Waals surface area contributed by atoms with Gasteiger partial charge in [-0.2, -0.15) is 8.78 Å². The highest BCUT2D eigenvalue weighted by Crippen LogP contribution is 2.19. The Kier molecular flexibility index (Phi) is 7.00. The fraction of sp³-hybridized carbons (Fsp3) is 0.278. The third-order valence-electron chi connectivity index (χ3n) is 3.48. The average Bonchev–Trinajstić information content (AvgIpc) is 2.63. The molecule has 2 N–H and O–H groups in total. The Morgan fingerprint density at radius 1 is 1.04 bits per heavy atom. The number of methoxy groups -OCH3 is 1. The number of hydrogen-bond acceptors (Lipinski definition) is 3. The summed E-state index contributed by atoms with van der Waals surface area (Å²) in [6.07, 6.45) is 0. The van der Waals surface area contributed by atoms with Gasteiger partial charge in [-0.25, -0.2) is 0 Å². The molecule has 0 bridgehead atoms. The maximum Gasteiger partial charge on any atom is 0.387 e. The lowest BCUT2D eigenvalue weighted by molar-refractivity contribution is -0.0504. The van der Waals surface area contributed by atoms with Gasteiger partial charge in [0.25, 0.3) is 0 Å². The highest BCUT2D eigenvalue weighted by Gasteiger charge is 2.09. The molecule has 2 rings (SSSR count). The van der Waals surface area contributed by atoms with Crippen LogP contribution >= 0.6 is 0 Å². The van der Waals surface area contributed by atoms with Crippen LogP contribution in [0, 0.1) is 0 Å². The van der Waals surface area contributed by atoms with Crippen LogP contribution in [-0.2, 0) is 13.1 Å². The first-order valence-corrected chi connectivity index (χ1v) is 7.72. The first-order valence-electron chi connectivity index (χ1n) is 7.72. The molecule has 2 aromatic rings. The molecule has 0 saturated heterocycles. The van der Waals surface area contributed by atoms with E-state index in [9.17, 15) is 8.78 Å². The summed E-state index contributed by atoms with van der Waals surface area (Å²) in [4.78, 5) is 4.12. The molecule has 0 aliphatic rings. The molecule has 0 atom stereocenters. The number of nitrogens with zero attached hydrogens (tertiary/aromatic N) is 1. The van der Waals surface area contributed by atoms with Crippen LogP contribution in [0.4, 0.5) is 8.78 Å². The number of rotatable bonds is 7. The van der Waals surface area contributed by atoms with E-state index in [1.807, 2.05) is 24.3 Å². The molecule has 0 radical (unpaired) electrons. The van der Waals surface area contributed by atoms with Crippen LogP contribution < -0.4 is 20.1 Å².